The minimum Gasteiger partial charge on any atom is -0.338 e. The number of hydrogen-bond donors (Lipinski definition) is 0. The first-order valence-corrected chi connectivity index (χ1v) is 9.84. The average molecular weight is 370 g/mol. The van der Waals surface area contributed by atoms with E-state index in [0.29, 0.717) is 25.6 Å². The van der Waals surface area contributed by atoms with Gasteiger partial charge in [-0.05, 0) is 36.1 Å². The van der Waals surface area contributed by atoms with Gasteiger partial charge in [0.1, 0.15) is 0 Å². The second-order valence-corrected chi connectivity index (χ2v) is 7.82. The molecule has 0 aliphatic carbocycles. The molecule has 4 nitrogen and oxygen atoms in total. The Morgan fingerprint density at radius 2 is 1.54 bits per heavy atom. The van der Waals surface area contributed by atoms with E-state index in [-0.39, 0.29) is 17.4 Å². The first-order chi connectivity index (χ1) is 13.7. The van der Waals surface area contributed by atoms with Gasteiger partial charge in [-0.2, -0.15) is 0 Å². The standard InChI is InChI=1S/C24H22N2O2/c27-22-12-11-21(18-7-3-1-4-8-18)23-20-13-17(15-26(22)23)14-25(16-20)24(28)19-9-5-2-6-10-19/h1-12,17,20H,13-16H2/t17-,20+/m0/s1. The molecule has 0 N–H and O–H groups in total. The minimum absolute atomic E-state index is 0.0622. The van der Waals surface area contributed by atoms with Crippen LogP contribution in [0.5, 0.6) is 0 Å². The summed E-state index contributed by atoms with van der Waals surface area (Å²) in [5.74, 6) is 0.593. The predicted molar refractivity (Wildman–Crippen MR) is 109 cm³/mol. The van der Waals surface area contributed by atoms with Crippen LogP contribution < -0.4 is 5.56 Å². The molecule has 3 heterocycles. The van der Waals surface area contributed by atoms with Crippen molar-refractivity contribution >= 4 is 5.91 Å². The fraction of sp³-hybridized carbons (Fsp3) is 0.250. The van der Waals surface area contributed by atoms with Crippen molar-refractivity contribution in [2.24, 2.45) is 5.92 Å². The minimum atomic E-state index is 0.0622. The third-order valence-corrected chi connectivity index (χ3v) is 5.98. The fourth-order valence-electron chi connectivity index (χ4n) is 4.81. The first-order valence-electron chi connectivity index (χ1n) is 9.84. The fourth-order valence-corrected chi connectivity index (χ4v) is 4.81. The maximum absolute atomic E-state index is 13.0. The summed E-state index contributed by atoms with van der Waals surface area (Å²) < 4.78 is 1.95. The number of amides is 1. The van der Waals surface area contributed by atoms with E-state index in [9.17, 15) is 9.59 Å². The van der Waals surface area contributed by atoms with Gasteiger partial charge >= 0.3 is 0 Å². The van der Waals surface area contributed by atoms with E-state index in [1.165, 1.54) is 0 Å². The molecule has 2 aromatic carbocycles. The molecule has 3 aromatic rings. The number of benzene rings is 2. The molecule has 2 aliphatic rings. The van der Waals surface area contributed by atoms with Gasteiger partial charge in [0.25, 0.3) is 11.5 Å². The van der Waals surface area contributed by atoms with Crippen molar-refractivity contribution in [2.45, 2.75) is 18.9 Å². The quantitative estimate of drug-likeness (QED) is 0.689. The molecule has 140 valence electrons. The van der Waals surface area contributed by atoms with Gasteiger partial charge in [0.15, 0.2) is 0 Å². The molecule has 1 saturated heterocycles. The van der Waals surface area contributed by atoms with Gasteiger partial charge in [0.2, 0.25) is 0 Å². The molecule has 2 bridgehead atoms. The molecule has 0 spiro atoms. The lowest BCUT2D eigenvalue weighted by molar-refractivity contribution is 0.0595. The van der Waals surface area contributed by atoms with Crippen molar-refractivity contribution in [3.63, 3.8) is 0 Å². The number of aromatic nitrogens is 1. The lowest BCUT2D eigenvalue weighted by Gasteiger charge is -2.43. The predicted octanol–water partition coefficient (Wildman–Crippen LogP) is 3.77. The van der Waals surface area contributed by atoms with Gasteiger partial charge in [0, 0.05) is 48.4 Å². The normalized spacial score (nSPS) is 20.5. The van der Waals surface area contributed by atoms with Crippen LogP contribution in [0.25, 0.3) is 11.1 Å². The largest absolute Gasteiger partial charge is 0.338 e. The zero-order valence-corrected chi connectivity index (χ0v) is 15.6. The smallest absolute Gasteiger partial charge is 0.253 e. The third kappa shape index (κ3) is 2.85. The van der Waals surface area contributed by atoms with Gasteiger partial charge in [-0.3, -0.25) is 9.59 Å². The van der Waals surface area contributed by atoms with Crippen LogP contribution in [0.4, 0.5) is 0 Å². The number of nitrogens with zero attached hydrogens (tertiary/aromatic N) is 2. The summed E-state index contributed by atoms with van der Waals surface area (Å²) in [6, 6.07) is 23.3. The van der Waals surface area contributed by atoms with E-state index in [0.717, 1.165) is 28.8 Å². The molecule has 28 heavy (non-hydrogen) atoms. The van der Waals surface area contributed by atoms with E-state index in [1.807, 2.05) is 64.1 Å². The van der Waals surface area contributed by atoms with E-state index in [4.69, 9.17) is 0 Å². The van der Waals surface area contributed by atoms with Gasteiger partial charge in [0.05, 0.1) is 0 Å². The topological polar surface area (TPSA) is 42.3 Å². The highest BCUT2D eigenvalue weighted by atomic mass is 16.2. The number of carbonyl (C=O) groups is 1. The number of pyridine rings is 1. The molecular formula is C24H22N2O2. The summed E-state index contributed by atoms with van der Waals surface area (Å²) >= 11 is 0. The van der Waals surface area contributed by atoms with Crippen LogP contribution in [0.2, 0.25) is 0 Å². The summed E-state index contributed by atoms with van der Waals surface area (Å²) in [6.07, 6.45) is 1.03. The number of hydrogen-bond acceptors (Lipinski definition) is 2. The van der Waals surface area contributed by atoms with Crippen LogP contribution in [-0.2, 0) is 6.54 Å². The SMILES string of the molecule is O=C(c1ccccc1)N1C[C@@H]2C[C@H](C1)c1c(-c3ccccc3)ccc(=O)n1C2. The Labute approximate surface area is 164 Å². The number of carbonyl (C=O) groups excluding carboxylic acids is 1. The van der Waals surface area contributed by atoms with Gasteiger partial charge < -0.3 is 9.47 Å². The van der Waals surface area contributed by atoms with Crippen LogP contribution in [0.3, 0.4) is 0 Å². The number of rotatable bonds is 2. The van der Waals surface area contributed by atoms with Crippen LogP contribution in [-0.4, -0.2) is 28.5 Å². The highest BCUT2D eigenvalue weighted by Crippen LogP contribution is 2.40. The molecule has 0 saturated carbocycles. The van der Waals surface area contributed by atoms with Crippen molar-refractivity contribution in [1.82, 2.24) is 9.47 Å². The molecule has 2 aliphatic heterocycles. The maximum Gasteiger partial charge on any atom is 0.253 e. The zero-order chi connectivity index (χ0) is 19.1. The van der Waals surface area contributed by atoms with E-state index in [1.54, 1.807) is 6.07 Å². The zero-order valence-electron chi connectivity index (χ0n) is 15.6. The Bertz CT molecular complexity index is 1070. The summed E-state index contributed by atoms with van der Waals surface area (Å²) in [4.78, 5) is 27.6. The van der Waals surface area contributed by atoms with Crippen LogP contribution in [0.1, 0.15) is 28.4 Å². The number of likely N-dealkylation sites (tertiary alicyclic amines) is 1. The summed E-state index contributed by atoms with van der Waals surface area (Å²) in [7, 11) is 0. The van der Waals surface area contributed by atoms with Gasteiger partial charge in [-0.15, -0.1) is 0 Å². The van der Waals surface area contributed by atoms with E-state index in [2.05, 4.69) is 12.1 Å². The van der Waals surface area contributed by atoms with Crippen molar-refractivity contribution in [3.05, 3.63) is 94.4 Å². The highest BCUT2D eigenvalue weighted by Gasteiger charge is 2.37. The van der Waals surface area contributed by atoms with Crippen molar-refractivity contribution < 1.29 is 4.79 Å². The Morgan fingerprint density at radius 1 is 0.821 bits per heavy atom. The molecule has 1 amide bonds. The van der Waals surface area contributed by atoms with Crippen LogP contribution in [0.15, 0.2) is 77.6 Å². The lowest BCUT2D eigenvalue weighted by atomic mass is 9.80. The monoisotopic (exact) mass is 370 g/mol. The summed E-state index contributed by atoms with van der Waals surface area (Å²) in [5, 5.41) is 0. The third-order valence-electron chi connectivity index (χ3n) is 5.98. The Morgan fingerprint density at radius 3 is 2.29 bits per heavy atom. The molecule has 2 atom stereocenters. The highest BCUT2D eigenvalue weighted by molar-refractivity contribution is 5.94. The average Bonchev–Trinajstić information content (AvgIpc) is 2.75. The van der Waals surface area contributed by atoms with E-state index < -0.39 is 0 Å². The molecule has 4 heteroatoms. The summed E-state index contributed by atoms with van der Waals surface area (Å²) in [5.41, 5.74) is 4.11. The second kappa shape index (κ2) is 6.79. The first kappa shape index (κ1) is 17.0. The molecule has 5 rings (SSSR count). The Balaban J connectivity index is 1.55. The Hall–Kier alpha value is -3.14. The van der Waals surface area contributed by atoms with E-state index >= 15 is 0 Å². The van der Waals surface area contributed by atoms with Crippen molar-refractivity contribution in [3.8, 4) is 11.1 Å². The number of piperidine rings is 1. The van der Waals surface area contributed by atoms with Gasteiger partial charge in [-0.1, -0.05) is 48.5 Å². The lowest BCUT2D eigenvalue weighted by Crippen LogP contribution is -2.49. The molecule has 0 radical (unpaired) electrons. The second-order valence-electron chi connectivity index (χ2n) is 7.82. The molecule has 1 fully saturated rings. The molecular weight excluding hydrogens is 348 g/mol. The van der Waals surface area contributed by atoms with Gasteiger partial charge in [-0.25, -0.2) is 0 Å². The maximum atomic E-state index is 13.0. The molecule has 0 unspecified atom stereocenters. The number of fused-ring (bicyclic) bond motifs is 4. The van der Waals surface area contributed by atoms with Crippen LogP contribution >= 0.6 is 0 Å². The van der Waals surface area contributed by atoms with Crippen molar-refractivity contribution in [2.75, 3.05) is 13.1 Å². The van der Waals surface area contributed by atoms with Crippen LogP contribution in [0, 0.1) is 5.92 Å². The molecule has 1 aromatic heterocycles. The Kier molecular flexibility index (Phi) is 4.12. The summed E-state index contributed by atoms with van der Waals surface area (Å²) in [6.45, 7) is 2.06. The van der Waals surface area contributed by atoms with Crippen molar-refractivity contribution in [1.29, 1.82) is 0 Å².